The number of hydrogen-bond acceptors (Lipinski definition) is 10. The number of nitrogens with two attached hydrogens (primary N) is 1. The molecule has 0 spiro atoms. The Balaban J connectivity index is 1.79. The van der Waals surface area contributed by atoms with Crippen LogP contribution in [0.25, 0.3) is 0 Å². The van der Waals surface area contributed by atoms with E-state index in [1.54, 1.807) is 51.2 Å². The zero-order valence-electron chi connectivity index (χ0n) is 19.6. The summed E-state index contributed by atoms with van der Waals surface area (Å²) in [6, 6.07) is 8.67. The number of nitrogens with zero attached hydrogens (tertiary/aromatic N) is 3. The molecule has 3 aromatic rings. The van der Waals surface area contributed by atoms with Gasteiger partial charge in [-0.3, -0.25) is 4.79 Å². The molecule has 2 aromatic heterocycles. The zero-order valence-corrected chi connectivity index (χ0v) is 20.5. The van der Waals surface area contributed by atoms with Crippen LogP contribution in [-0.2, 0) is 21.8 Å². The molecule has 3 rings (SSSR count). The molecule has 0 aliphatic carbocycles. The minimum absolute atomic E-state index is 0.0875. The molecule has 0 atom stereocenters. The summed E-state index contributed by atoms with van der Waals surface area (Å²) in [5.74, 6) is 0.665. The van der Waals surface area contributed by atoms with Gasteiger partial charge in [0.1, 0.15) is 17.4 Å². The zero-order chi connectivity index (χ0) is 25.4. The maximum absolute atomic E-state index is 12.3. The van der Waals surface area contributed by atoms with Crippen molar-refractivity contribution < 1.29 is 23.2 Å². The van der Waals surface area contributed by atoms with E-state index in [1.165, 1.54) is 16.7 Å². The molecule has 1 amide bonds. The van der Waals surface area contributed by atoms with Crippen LogP contribution in [0.5, 0.6) is 0 Å². The molecule has 0 bridgehead atoms. The summed E-state index contributed by atoms with van der Waals surface area (Å²) in [7, 11) is 0. The van der Waals surface area contributed by atoms with E-state index in [0.29, 0.717) is 58.6 Å². The highest BCUT2D eigenvalue weighted by Gasteiger charge is 2.17. The highest BCUT2D eigenvalue weighted by Crippen LogP contribution is 2.30. The fourth-order valence-electron chi connectivity index (χ4n) is 3.12. The van der Waals surface area contributed by atoms with Crippen molar-refractivity contribution in [3.05, 3.63) is 86.2 Å². The average Bonchev–Trinajstić information content (AvgIpc) is 3.17. The standard InChI is InChI=1S/C24H26N4O6S/c1-15(28(14-29)12-19-11-26-17(3)27-22(19)25)21(35-13-20-16(2)33-24(31)34-20)9-10-32-23(30)18-7-5-4-6-8-18/h4-8,11,14H,9-10,12-13H2,1-3H3,(H2,25,26,27)/b21-15-. The lowest BCUT2D eigenvalue weighted by Crippen LogP contribution is -2.22. The first-order valence-corrected chi connectivity index (χ1v) is 11.7. The number of esters is 1. The van der Waals surface area contributed by atoms with E-state index in [4.69, 9.17) is 19.3 Å². The van der Waals surface area contributed by atoms with Crippen LogP contribution in [0.4, 0.5) is 5.82 Å². The number of carbonyl (C=O) groups is 2. The summed E-state index contributed by atoms with van der Waals surface area (Å²) in [6.45, 7) is 5.39. The molecule has 0 radical (unpaired) electrons. The molecule has 11 heteroatoms. The average molecular weight is 499 g/mol. The Morgan fingerprint density at radius 2 is 1.97 bits per heavy atom. The molecular weight excluding hydrogens is 472 g/mol. The van der Waals surface area contributed by atoms with Crippen LogP contribution in [0.15, 0.2) is 60.8 Å². The first-order valence-electron chi connectivity index (χ1n) is 10.7. The monoisotopic (exact) mass is 498 g/mol. The number of benzene rings is 1. The third kappa shape index (κ3) is 7.06. The van der Waals surface area contributed by atoms with E-state index in [9.17, 15) is 14.4 Å². The van der Waals surface area contributed by atoms with Crippen LogP contribution in [0.3, 0.4) is 0 Å². The number of nitrogen functional groups attached to an aromatic ring is 1. The van der Waals surface area contributed by atoms with Gasteiger partial charge in [-0.2, -0.15) is 0 Å². The summed E-state index contributed by atoms with van der Waals surface area (Å²) in [5.41, 5.74) is 7.67. The van der Waals surface area contributed by atoms with Crippen molar-refractivity contribution >= 4 is 30.0 Å². The number of aryl methyl sites for hydroxylation is 2. The quantitative estimate of drug-likeness (QED) is 0.308. The summed E-state index contributed by atoms with van der Waals surface area (Å²) >= 11 is 1.35. The van der Waals surface area contributed by atoms with Crippen molar-refractivity contribution in [3.8, 4) is 0 Å². The second-order valence-electron chi connectivity index (χ2n) is 7.54. The number of aromatic nitrogens is 2. The molecule has 0 unspecified atom stereocenters. The van der Waals surface area contributed by atoms with Gasteiger partial charge in [-0.1, -0.05) is 18.2 Å². The maximum Gasteiger partial charge on any atom is 0.519 e. The van der Waals surface area contributed by atoms with Crippen LogP contribution in [0.1, 0.15) is 46.6 Å². The van der Waals surface area contributed by atoms with Crippen molar-refractivity contribution in [2.45, 2.75) is 39.5 Å². The molecule has 0 aliphatic rings. The van der Waals surface area contributed by atoms with Gasteiger partial charge in [0.25, 0.3) is 0 Å². The molecule has 1 aromatic carbocycles. The highest BCUT2D eigenvalue weighted by molar-refractivity contribution is 8.02. The number of hydrogen-bond donors (Lipinski definition) is 1. The predicted molar refractivity (Wildman–Crippen MR) is 130 cm³/mol. The van der Waals surface area contributed by atoms with Crippen LogP contribution >= 0.6 is 11.8 Å². The first kappa shape index (κ1) is 25.8. The Morgan fingerprint density at radius 3 is 2.60 bits per heavy atom. The molecule has 0 aliphatic heterocycles. The largest absolute Gasteiger partial charge is 0.519 e. The molecule has 2 heterocycles. The Labute approximate surface area is 206 Å². The SMILES string of the molecule is C/C(=C(\CCOC(=O)c1ccccc1)SCc1oc(=O)oc1C)N(C=O)Cc1cnc(C)nc1N. The Hall–Kier alpha value is -3.86. The smallest absolute Gasteiger partial charge is 0.462 e. The van der Waals surface area contributed by atoms with E-state index in [1.807, 2.05) is 6.07 Å². The Morgan fingerprint density at radius 1 is 1.23 bits per heavy atom. The van der Waals surface area contributed by atoms with Gasteiger partial charge in [0.15, 0.2) is 5.76 Å². The summed E-state index contributed by atoms with van der Waals surface area (Å²) in [6.07, 6.45) is 2.61. The van der Waals surface area contributed by atoms with E-state index in [0.717, 1.165) is 4.91 Å². The van der Waals surface area contributed by atoms with Crippen LogP contribution in [0.2, 0.25) is 0 Å². The van der Waals surface area contributed by atoms with Crippen molar-refractivity contribution in [2.75, 3.05) is 12.3 Å². The van der Waals surface area contributed by atoms with Crippen molar-refractivity contribution in [3.63, 3.8) is 0 Å². The van der Waals surface area contributed by atoms with Crippen LogP contribution in [-0.4, -0.2) is 33.9 Å². The third-order valence-corrected chi connectivity index (χ3v) is 6.36. The number of allylic oxidation sites excluding steroid dienone is 1. The highest BCUT2D eigenvalue weighted by atomic mass is 32.2. The normalized spacial score (nSPS) is 11.6. The van der Waals surface area contributed by atoms with Gasteiger partial charge in [0.05, 0.1) is 24.5 Å². The summed E-state index contributed by atoms with van der Waals surface area (Å²) in [4.78, 5) is 46.2. The number of anilines is 1. The van der Waals surface area contributed by atoms with Crippen LogP contribution < -0.4 is 11.6 Å². The second-order valence-corrected chi connectivity index (χ2v) is 8.61. The Kier molecular flexibility index (Phi) is 8.85. The first-order chi connectivity index (χ1) is 16.8. The maximum atomic E-state index is 12.3. The van der Waals surface area contributed by atoms with Crippen molar-refractivity contribution in [2.24, 2.45) is 0 Å². The van der Waals surface area contributed by atoms with Gasteiger partial charge < -0.3 is 24.2 Å². The lowest BCUT2D eigenvalue weighted by molar-refractivity contribution is -0.116. The van der Waals surface area contributed by atoms with E-state index in [2.05, 4.69) is 9.97 Å². The number of ether oxygens (including phenoxy) is 1. The topological polar surface area (TPSA) is 142 Å². The molecule has 0 fully saturated rings. The van der Waals surface area contributed by atoms with Crippen molar-refractivity contribution in [1.29, 1.82) is 0 Å². The molecule has 184 valence electrons. The van der Waals surface area contributed by atoms with E-state index in [-0.39, 0.29) is 13.2 Å². The van der Waals surface area contributed by atoms with Crippen molar-refractivity contribution in [1.82, 2.24) is 14.9 Å². The van der Waals surface area contributed by atoms with Gasteiger partial charge >= 0.3 is 11.8 Å². The molecule has 2 N–H and O–H groups in total. The molecule has 0 saturated carbocycles. The number of carbonyl (C=O) groups excluding carboxylic acids is 2. The molecule has 10 nitrogen and oxygen atoms in total. The fraction of sp³-hybridized carbons (Fsp3) is 0.292. The van der Waals surface area contributed by atoms with Gasteiger partial charge in [-0.25, -0.2) is 19.6 Å². The molecule has 35 heavy (non-hydrogen) atoms. The number of thioether (sulfide) groups is 1. The summed E-state index contributed by atoms with van der Waals surface area (Å²) in [5, 5.41) is 0. The Bertz CT molecular complexity index is 1270. The fourth-order valence-corrected chi connectivity index (χ4v) is 4.24. The van der Waals surface area contributed by atoms with E-state index < -0.39 is 11.8 Å². The minimum atomic E-state index is -0.776. The summed E-state index contributed by atoms with van der Waals surface area (Å²) < 4.78 is 15.4. The van der Waals surface area contributed by atoms with Gasteiger partial charge in [-0.05, 0) is 32.9 Å². The van der Waals surface area contributed by atoms with E-state index >= 15 is 0 Å². The van der Waals surface area contributed by atoms with Gasteiger partial charge in [0.2, 0.25) is 6.41 Å². The third-order valence-electron chi connectivity index (χ3n) is 5.11. The second kappa shape index (κ2) is 12.0. The lowest BCUT2D eigenvalue weighted by atomic mass is 10.2. The van der Waals surface area contributed by atoms with Gasteiger partial charge in [0, 0.05) is 28.8 Å². The molecular formula is C24H26N4O6S. The molecule has 0 saturated heterocycles. The van der Waals surface area contributed by atoms with Gasteiger partial charge in [-0.15, -0.1) is 11.8 Å². The number of amides is 1. The van der Waals surface area contributed by atoms with Crippen LogP contribution in [0, 0.1) is 13.8 Å². The number of rotatable bonds is 11. The lowest BCUT2D eigenvalue weighted by Gasteiger charge is -2.22. The predicted octanol–water partition coefficient (Wildman–Crippen LogP) is 3.59. The minimum Gasteiger partial charge on any atom is -0.462 e.